The van der Waals surface area contributed by atoms with Gasteiger partial charge in [0.15, 0.2) is 0 Å². The Bertz CT molecular complexity index is 213. The molecule has 0 spiro atoms. The first-order valence-electron chi connectivity index (χ1n) is 6.81. The van der Waals surface area contributed by atoms with Crippen molar-refractivity contribution in [3.63, 3.8) is 0 Å². The molecule has 1 heteroatoms. The smallest absolute Gasteiger partial charge is 0.00407 e. The van der Waals surface area contributed by atoms with E-state index in [1.165, 1.54) is 32.1 Å². The molecule has 88 valence electrons. The molecule has 2 aliphatic carbocycles. The van der Waals surface area contributed by atoms with E-state index in [4.69, 9.17) is 5.73 Å². The quantitative estimate of drug-likeness (QED) is 0.757. The first kappa shape index (κ1) is 11.4. The van der Waals surface area contributed by atoms with Crippen molar-refractivity contribution in [3.05, 3.63) is 0 Å². The topological polar surface area (TPSA) is 26.0 Å². The molecule has 2 rings (SSSR count). The summed E-state index contributed by atoms with van der Waals surface area (Å²) in [6.45, 7) is 8.09. The molecule has 15 heavy (non-hydrogen) atoms. The highest BCUT2D eigenvalue weighted by Gasteiger charge is 2.59. The van der Waals surface area contributed by atoms with Gasteiger partial charge in [-0.1, -0.05) is 40.0 Å². The van der Waals surface area contributed by atoms with Crippen molar-refractivity contribution >= 4 is 0 Å². The van der Waals surface area contributed by atoms with Crippen molar-refractivity contribution in [2.24, 2.45) is 34.8 Å². The van der Waals surface area contributed by atoms with E-state index >= 15 is 0 Å². The van der Waals surface area contributed by atoms with E-state index < -0.39 is 0 Å². The van der Waals surface area contributed by atoms with Gasteiger partial charge in [-0.15, -0.1) is 0 Å². The summed E-state index contributed by atoms with van der Waals surface area (Å²) in [5.41, 5.74) is 6.41. The largest absolute Gasteiger partial charge is 0.330 e. The van der Waals surface area contributed by atoms with Crippen LogP contribution in [-0.2, 0) is 0 Å². The second-order valence-corrected chi connectivity index (χ2v) is 6.38. The SMILES string of the molecule is CCC1CCC(C2C(CN)C2(C)C)CC1. The first-order valence-corrected chi connectivity index (χ1v) is 6.81. The average Bonchev–Trinajstić information content (AvgIpc) is 2.80. The molecule has 2 saturated carbocycles. The maximum Gasteiger partial charge on any atom is -0.00407 e. The van der Waals surface area contributed by atoms with Crippen LogP contribution in [0.1, 0.15) is 52.9 Å². The van der Waals surface area contributed by atoms with Crippen LogP contribution in [0.25, 0.3) is 0 Å². The Balaban J connectivity index is 1.87. The van der Waals surface area contributed by atoms with Crippen LogP contribution in [0.4, 0.5) is 0 Å². The van der Waals surface area contributed by atoms with Crippen LogP contribution in [0.5, 0.6) is 0 Å². The summed E-state index contributed by atoms with van der Waals surface area (Å²) in [5.74, 6) is 3.79. The molecular formula is C14H27N. The molecule has 0 aliphatic heterocycles. The number of hydrogen-bond acceptors (Lipinski definition) is 1. The van der Waals surface area contributed by atoms with E-state index in [1.807, 2.05) is 0 Å². The molecule has 0 heterocycles. The van der Waals surface area contributed by atoms with Crippen molar-refractivity contribution < 1.29 is 0 Å². The lowest BCUT2D eigenvalue weighted by molar-refractivity contribution is 0.228. The van der Waals surface area contributed by atoms with Crippen LogP contribution in [-0.4, -0.2) is 6.54 Å². The van der Waals surface area contributed by atoms with E-state index in [9.17, 15) is 0 Å². The van der Waals surface area contributed by atoms with Gasteiger partial charge < -0.3 is 5.73 Å². The van der Waals surface area contributed by atoms with E-state index in [2.05, 4.69) is 20.8 Å². The summed E-state index contributed by atoms with van der Waals surface area (Å²) in [4.78, 5) is 0. The third-order valence-electron chi connectivity index (χ3n) is 5.37. The molecule has 2 aliphatic rings. The lowest BCUT2D eigenvalue weighted by Gasteiger charge is -2.29. The fourth-order valence-electron chi connectivity index (χ4n) is 4.13. The molecule has 2 unspecified atom stereocenters. The van der Waals surface area contributed by atoms with Gasteiger partial charge in [0.25, 0.3) is 0 Å². The zero-order valence-electron chi connectivity index (χ0n) is 10.6. The number of rotatable bonds is 3. The van der Waals surface area contributed by atoms with Crippen molar-refractivity contribution in [1.82, 2.24) is 0 Å². The molecule has 0 radical (unpaired) electrons. The minimum atomic E-state index is 0.554. The highest BCUT2D eigenvalue weighted by Crippen LogP contribution is 2.63. The first-order chi connectivity index (χ1) is 7.11. The van der Waals surface area contributed by atoms with Crippen LogP contribution < -0.4 is 5.73 Å². The molecule has 0 aromatic heterocycles. The van der Waals surface area contributed by atoms with Crippen molar-refractivity contribution in [2.45, 2.75) is 52.9 Å². The molecule has 0 amide bonds. The zero-order chi connectivity index (χ0) is 11.1. The third kappa shape index (κ3) is 1.95. The van der Waals surface area contributed by atoms with Gasteiger partial charge in [-0.05, 0) is 48.5 Å². The normalized spacial score (nSPS) is 44.0. The molecule has 0 bridgehead atoms. The maximum atomic E-state index is 5.86. The fraction of sp³-hybridized carbons (Fsp3) is 1.00. The number of hydrogen-bond donors (Lipinski definition) is 1. The van der Waals surface area contributed by atoms with Gasteiger partial charge in [0, 0.05) is 0 Å². The Hall–Kier alpha value is -0.0400. The minimum absolute atomic E-state index is 0.554. The van der Waals surface area contributed by atoms with Gasteiger partial charge in [-0.2, -0.15) is 0 Å². The van der Waals surface area contributed by atoms with E-state index in [-0.39, 0.29) is 0 Å². The van der Waals surface area contributed by atoms with Crippen LogP contribution in [0.15, 0.2) is 0 Å². The van der Waals surface area contributed by atoms with Gasteiger partial charge in [0.2, 0.25) is 0 Å². The molecule has 2 fully saturated rings. The molecule has 0 aromatic carbocycles. The predicted octanol–water partition coefficient (Wildman–Crippen LogP) is 3.43. The molecule has 0 aromatic rings. The van der Waals surface area contributed by atoms with Gasteiger partial charge >= 0.3 is 0 Å². The summed E-state index contributed by atoms with van der Waals surface area (Å²) >= 11 is 0. The Morgan fingerprint density at radius 3 is 2.13 bits per heavy atom. The lowest BCUT2D eigenvalue weighted by atomic mass is 9.77. The Morgan fingerprint density at radius 1 is 1.13 bits per heavy atom. The van der Waals surface area contributed by atoms with Crippen molar-refractivity contribution in [2.75, 3.05) is 6.54 Å². The van der Waals surface area contributed by atoms with Crippen molar-refractivity contribution in [1.29, 1.82) is 0 Å². The predicted molar refractivity (Wildman–Crippen MR) is 65.6 cm³/mol. The van der Waals surface area contributed by atoms with Crippen LogP contribution in [0.2, 0.25) is 0 Å². The zero-order valence-corrected chi connectivity index (χ0v) is 10.6. The highest BCUT2D eigenvalue weighted by molar-refractivity contribution is 5.08. The van der Waals surface area contributed by atoms with Crippen LogP contribution in [0.3, 0.4) is 0 Å². The van der Waals surface area contributed by atoms with Gasteiger partial charge in [0.1, 0.15) is 0 Å². The van der Waals surface area contributed by atoms with Gasteiger partial charge in [-0.25, -0.2) is 0 Å². The van der Waals surface area contributed by atoms with Crippen molar-refractivity contribution in [3.8, 4) is 0 Å². The fourth-order valence-corrected chi connectivity index (χ4v) is 4.13. The molecule has 1 nitrogen and oxygen atoms in total. The summed E-state index contributed by atoms with van der Waals surface area (Å²) in [7, 11) is 0. The molecular weight excluding hydrogens is 182 g/mol. The minimum Gasteiger partial charge on any atom is -0.330 e. The second-order valence-electron chi connectivity index (χ2n) is 6.38. The van der Waals surface area contributed by atoms with E-state index in [1.54, 1.807) is 0 Å². The van der Waals surface area contributed by atoms with E-state index in [0.717, 1.165) is 30.2 Å². The number of nitrogens with two attached hydrogens (primary N) is 1. The van der Waals surface area contributed by atoms with E-state index in [0.29, 0.717) is 5.41 Å². The van der Waals surface area contributed by atoms with Gasteiger partial charge in [-0.3, -0.25) is 0 Å². The van der Waals surface area contributed by atoms with Crippen LogP contribution in [0, 0.1) is 29.1 Å². The van der Waals surface area contributed by atoms with Gasteiger partial charge in [0.05, 0.1) is 0 Å². The lowest BCUT2D eigenvalue weighted by Crippen LogP contribution is -2.18. The monoisotopic (exact) mass is 209 g/mol. The summed E-state index contributed by atoms with van der Waals surface area (Å²) < 4.78 is 0. The Kier molecular flexibility index (Phi) is 3.12. The maximum absolute atomic E-state index is 5.86. The molecule has 2 atom stereocenters. The summed E-state index contributed by atoms with van der Waals surface area (Å²) in [6, 6.07) is 0. The summed E-state index contributed by atoms with van der Waals surface area (Å²) in [5, 5.41) is 0. The molecule has 0 saturated heterocycles. The van der Waals surface area contributed by atoms with Crippen LogP contribution >= 0.6 is 0 Å². The Morgan fingerprint density at radius 2 is 1.73 bits per heavy atom. The highest BCUT2D eigenvalue weighted by atomic mass is 14.7. The summed E-state index contributed by atoms with van der Waals surface area (Å²) in [6.07, 6.45) is 7.30. The second kappa shape index (κ2) is 4.08. The average molecular weight is 209 g/mol. The standard InChI is InChI=1S/C14H27N/c1-4-10-5-7-11(8-6-10)13-12(9-15)14(13,2)3/h10-13H,4-9,15H2,1-3H3. The molecule has 2 N–H and O–H groups in total. The third-order valence-corrected chi connectivity index (χ3v) is 5.37. The Labute approximate surface area is 94.8 Å².